The van der Waals surface area contributed by atoms with Crippen molar-refractivity contribution >= 4 is 23.2 Å². The molecule has 1 unspecified atom stereocenters. The van der Waals surface area contributed by atoms with E-state index in [1.807, 2.05) is 26.8 Å². The Hall–Kier alpha value is -1.22. The number of carbonyl (C=O) groups is 1. The minimum atomic E-state index is -0.105. The van der Waals surface area contributed by atoms with Crippen molar-refractivity contribution in [2.45, 2.75) is 33.3 Å². The van der Waals surface area contributed by atoms with Crippen molar-refractivity contribution in [2.75, 3.05) is 11.9 Å². The summed E-state index contributed by atoms with van der Waals surface area (Å²) >= 11 is 6.22. The van der Waals surface area contributed by atoms with E-state index in [-0.39, 0.29) is 12.0 Å². The third-order valence-corrected chi connectivity index (χ3v) is 3.69. The van der Waals surface area contributed by atoms with Crippen molar-refractivity contribution in [3.8, 4) is 5.75 Å². The van der Waals surface area contributed by atoms with E-state index in [1.54, 1.807) is 11.9 Å². The number of amides is 1. The van der Waals surface area contributed by atoms with Crippen molar-refractivity contribution in [1.29, 1.82) is 0 Å². The molecule has 1 amide bonds. The predicted octanol–water partition coefficient (Wildman–Crippen LogP) is 3.09. The van der Waals surface area contributed by atoms with E-state index in [0.717, 1.165) is 22.6 Å². The Labute approximate surface area is 106 Å². The minimum Gasteiger partial charge on any atom is -0.488 e. The first-order valence-electron chi connectivity index (χ1n) is 5.64. The number of ether oxygens (including phenoxy) is 1. The molecule has 17 heavy (non-hydrogen) atoms. The topological polar surface area (TPSA) is 29.5 Å². The van der Waals surface area contributed by atoms with E-state index in [0.29, 0.717) is 11.4 Å². The third kappa shape index (κ3) is 2.00. The van der Waals surface area contributed by atoms with Gasteiger partial charge < -0.3 is 9.64 Å². The molecular weight excluding hydrogens is 238 g/mol. The highest BCUT2D eigenvalue weighted by Gasteiger charge is 2.27. The van der Waals surface area contributed by atoms with Crippen molar-refractivity contribution < 1.29 is 9.53 Å². The number of hydrogen-bond donors (Lipinski definition) is 0. The zero-order chi connectivity index (χ0) is 12.7. The molecule has 3 nitrogen and oxygen atoms in total. The zero-order valence-electron chi connectivity index (χ0n) is 10.5. The molecule has 0 saturated carbocycles. The second-order valence-electron chi connectivity index (χ2n) is 4.56. The molecular formula is C13H16ClNO2. The van der Waals surface area contributed by atoms with Crippen molar-refractivity contribution in [3.63, 3.8) is 0 Å². The molecule has 0 saturated heterocycles. The van der Waals surface area contributed by atoms with Gasteiger partial charge in [-0.15, -0.1) is 0 Å². The number of rotatable bonds is 0. The summed E-state index contributed by atoms with van der Waals surface area (Å²) in [6.07, 6.45) is 0.285. The van der Waals surface area contributed by atoms with E-state index in [9.17, 15) is 4.79 Å². The van der Waals surface area contributed by atoms with Gasteiger partial charge in [0.15, 0.2) is 0 Å². The predicted molar refractivity (Wildman–Crippen MR) is 69.0 cm³/mol. The van der Waals surface area contributed by atoms with Crippen LogP contribution in [0.15, 0.2) is 6.07 Å². The third-order valence-electron chi connectivity index (χ3n) is 3.11. The van der Waals surface area contributed by atoms with E-state index in [2.05, 4.69) is 0 Å². The van der Waals surface area contributed by atoms with Gasteiger partial charge in [0, 0.05) is 12.1 Å². The van der Waals surface area contributed by atoms with Crippen molar-refractivity contribution in [2.24, 2.45) is 0 Å². The Morgan fingerprint density at radius 3 is 2.76 bits per heavy atom. The average molecular weight is 254 g/mol. The van der Waals surface area contributed by atoms with Gasteiger partial charge >= 0.3 is 0 Å². The van der Waals surface area contributed by atoms with Crippen LogP contribution in [0.2, 0.25) is 5.02 Å². The van der Waals surface area contributed by atoms with Crippen molar-refractivity contribution in [3.05, 3.63) is 22.2 Å². The number of benzene rings is 1. The van der Waals surface area contributed by atoms with Gasteiger partial charge in [0.05, 0.1) is 12.1 Å². The molecule has 2 rings (SSSR count). The summed E-state index contributed by atoms with van der Waals surface area (Å²) in [4.78, 5) is 13.6. The molecule has 0 aliphatic carbocycles. The highest BCUT2D eigenvalue weighted by molar-refractivity contribution is 6.32. The van der Waals surface area contributed by atoms with Crippen LogP contribution in [0.25, 0.3) is 0 Å². The zero-order valence-corrected chi connectivity index (χ0v) is 11.3. The van der Waals surface area contributed by atoms with Crippen LogP contribution in [-0.4, -0.2) is 19.1 Å². The van der Waals surface area contributed by atoms with E-state index < -0.39 is 0 Å². The van der Waals surface area contributed by atoms with Crippen LogP contribution in [-0.2, 0) is 4.79 Å². The van der Waals surface area contributed by atoms with Crippen LogP contribution in [0.5, 0.6) is 5.75 Å². The van der Waals surface area contributed by atoms with Crippen LogP contribution >= 0.6 is 11.6 Å². The number of nitrogens with zero attached hydrogens (tertiary/aromatic N) is 1. The monoisotopic (exact) mass is 253 g/mol. The summed E-state index contributed by atoms with van der Waals surface area (Å²) in [7, 11) is 1.77. The van der Waals surface area contributed by atoms with Gasteiger partial charge in [0.25, 0.3) is 0 Å². The Morgan fingerprint density at radius 2 is 2.12 bits per heavy atom. The first-order chi connectivity index (χ1) is 7.91. The van der Waals surface area contributed by atoms with Gasteiger partial charge in [0.1, 0.15) is 11.9 Å². The lowest BCUT2D eigenvalue weighted by Crippen LogP contribution is -2.27. The largest absolute Gasteiger partial charge is 0.488 e. The van der Waals surface area contributed by atoms with Crippen LogP contribution in [0, 0.1) is 13.8 Å². The number of hydrogen-bond acceptors (Lipinski definition) is 2. The summed E-state index contributed by atoms with van der Waals surface area (Å²) in [5.41, 5.74) is 2.65. The van der Waals surface area contributed by atoms with Crippen molar-refractivity contribution in [1.82, 2.24) is 0 Å². The van der Waals surface area contributed by atoms with Gasteiger partial charge in [0.2, 0.25) is 5.91 Å². The Morgan fingerprint density at radius 1 is 1.47 bits per heavy atom. The highest BCUT2D eigenvalue weighted by atomic mass is 35.5. The minimum absolute atomic E-state index is 0.0549. The lowest BCUT2D eigenvalue weighted by Gasteiger charge is -2.20. The molecule has 1 aliphatic rings. The maximum atomic E-state index is 11.9. The smallest absolute Gasteiger partial charge is 0.230 e. The molecule has 1 atom stereocenters. The lowest BCUT2D eigenvalue weighted by atomic mass is 10.1. The maximum absolute atomic E-state index is 11.9. The van der Waals surface area contributed by atoms with Gasteiger partial charge in [-0.05, 0) is 38.0 Å². The van der Waals surface area contributed by atoms with Crippen LogP contribution in [0.1, 0.15) is 24.5 Å². The Kier molecular flexibility index (Phi) is 3.04. The maximum Gasteiger partial charge on any atom is 0.230 e. The van der Waals surface area contributed by atoms with Gasteiger partial charge in [-0.1, -0.05) is 11.6 Å². The fourth-order valence-corrected chi connectivity index (χ4v) is 2.33. The quantitative estimate of drug-likeness (QED) is 0.711. The molecule has 0 bridgehead atoms. The van der Waals surface area contributed by atoms with Crippen LogP contribution in [0.3, 0.4) is 0 Å². The van der Waals surface area contributed by atoms with E-state index >= 15 is 0 Å². The molecule has 0 N–H and O–H groups in total. The van der Waals surface area contributed by atoms with Gasteiger partial charge in [-0.3, -0.25) is 4.79 Å². The molecule has 0 spiro atoms. The number of halogens is 1. The normalized spacial score (nSPS) is 19.7. The molecule has 0 aromatic heterocycles. The fraction of sp³-hybridized carbons (Fsp3) is 0.462. The first kappa shape index (κ1) is 12.2. The Bertz CT molecular complexity index is 485. The van der Waals surface area contributed by atoms with Gasteiger partial charge in [-0.2, -0.15) is 0 Å². The average Bonchev–Trinajstić information content (AvgIpc) is 2.34. The molecule has 1 aromatic rings. The number of anilines is 1. The molecule has 1 heterocycles. The number of carbonyl (C=O) groups excluding carboxylic acids is 1. The van der Waals surface area contributed by atoms with Crippen LogP contribution in [0.4, 0.5) is 5.69 Å². The number of aryl methyl sites for hydroxylation is 1. The number of fused-ring (bicyclic) bond motifs is 1. The summed E-state index contributed by atoms with van der Waals surface area (Å²) in [6, 6.07) is 1.90. The first-order valence-corrected chi connectivity index (χ1v) is 6.02. The van der Waals surface area contributed by atoms with Crippen LogP contribution < -0.4 is 9.64 Å². The summed E-state index contributed by atoms with van der Waals surface area (Å²) < 4.78 is 5.79. The highest BCUT2D eigenvalue weighted by Crippen LogP contribution is 2.40. The molecule has 1 aliphatic heterocycles. The van der Waals surface area contributed by atoms with E-state index in [4.69, 9.17) is 16.3 Å². The molecule has 1 aromatic carbocycles. The molecule has 92 valence electrons. The Balaban J connectivity index is 2.66. The summed E-state index contributed by atoms with van der Waals surface area (Å²) in [5.74, 6) is 0.796. The second kappa shape index (κ2) is 4.22. The fourth-order valence-electron chi connectivity index (χ4n) is 2.19. The van der Waals surface area contributed by atoms with Gasteiger partial charge in [-0.25, -0.2) is 0 Å². The molecule has 0 radical (unpaired) electrons. The van der Waals surface area contributed by atoms with E-state index in [1.165, 1.54) is 0 Å². The standard InChI is InChI=1S/C13H16ClNO2/c1-7-5-10-13(9(3)12(7)14)15(4)11(16)6-8(2)17-10/h5,8H,6H2,1-4H3. The SMILES string of the molecule is Cc1cc2c(c(C)c1Cl)N(C)C(=O)CC(C)O2. The summed E-state index contributed by atoms with van der Waals surface area (Å²) in [5, 5.41) is 0.696. The lowest BCUT2D eigenvalue weighted by molar-refractivity contribution is -0.119. The molecule has 4 heteroatoms. The molecule has 0 fully saturated rings. The second-order valence-corrected chi connectivity index (χ2v) is 4.94. The summed E-state index contributed by atoms with van der Waals surface area (Å²) in [6.45, 7) is 5.76.